The number of fused-ring (bicyclic) bond motifs is 1. The van der Waals surface area contributed by atoms with E-state index in [4.69, 9.17) is 4.42 Å². The van der Waals surface area contributed by atoms with Crippen LogP contribution in [0, 0.1) is 0 Å². The van der Waals surface area contributed by atoms with E-state index in [0.29, 0.717) is 23.9 Å². The van der Waals surface area contributed by atoms with Crippen LogP contribution in [0.1, 0.15) is 23.0 Å². The second kappa shape index (κ2) is 4.74. The number of hydrogen-bond acceptors (Lipinski definition) is 3. The van der Waals surface area contributed by atoms with Gasteiger partial charge in [0.1, 0.15) is 11.3 Å². The Morgan fingerprint density at radius 3 is 3.00 bits per heavy atom. The first-order valence-electron chi connectivity index (χ1n) is 5.38. The third-order valence-corrected chi connectivity index (χ3v) is 2.45. The Kier molecular flexibility index (Phi) is 3.14. The minimum Gasteiger partial charge on any atom is -0.440 e. The average molecular weight is 230 g/mol. The zero-order valence-electron chi connectivity index (χ0n) is 9.62. The smallest absolute Gasteiger partial charge is 0.258 e. The molecule has 0 atom stereocenters. The topological polar surface area (TPSA) is 54.3 Å². The Balaban J connectivity index is 2.40. The minimum absolute atomic E-state index is 0.122. The molecule has 1 aliphatic rings. The van der Waals surface area contributed by atoms with Gasteiger partial charge in [-0.1, -0.05) is 30.9 Å². The fraction of sp³-hybridized carbons (Fsp3) is 0.154. The van der Waals surface area contributed by atoms with Crippen molar-refractivity contribution in [2.24, 2.45) is 0 Å². The van der Waals surface area contributed by atoms with Crippen LogP contribution < -0.4 is 10.6 Å². The third kappa shape index (κ3) is 2.15. The van der Waals surface area contributed by atoms with Crippen LogP contribution in [0.3, 0.4) is 0 Å². The Morgan fingerprint density at radius 2 is 2.35 bits per heavy atom. The molecule has 1 aromatic rings. The zero-order chi connectivity index (χ0) is 12.3. The first-order valence-corrected chi connectivity index (χ1v) is 5.38. The Hall–Kier alpha value is -2.23. The van der Waals surface area contributed by atoms with Gasteiger partial charge < -0.3 is 15.1 Å². The van der Waals surface area contributed by atoms with Gasteiger partial charge in [0.05, 0.1) is 6.67 Å². The zero-order valence-corrected chi connectivity index (χ0v) is 9.62. The van der Waals surface area contributed by atoms with Gasteiger partial charge in [-0.05, 0) is 13.0 Å². The molecule has 0 saturated carbocycles. The minimum atomic E-state index is -0.122. The van der Waals surface area contributed by atoms with Crippen LogP contribution in [0.25, 0.3) is 5.57 Å². The van der Waals surface area contributed by atoms with Crippen molar-refractivity contribution in [3.8, 4) is 0 Å². The lowest BCUT2D eigenvalue weighted by Crippen LogP contribution is -2.33. The predicted molar refractivity (Wildman–Crippen MR) is 67.7 cm³/mol. The van der Waals surface area contributed by atoms with Gasteiger partial charge in [0.2, 0.25) is 5.88 Å². The van der Waals surface area contributed by atoms with E-state index in [0.717, 1.165) is 5.57 Å². The van der Waals surface area contributed by atoms with Crippen LogP contribution in [0.4, 0.5) is 5.88 Å². The number of rotatable bonds is 3. The molecule has 2 heterocycles. The highest BCUT2D eigenvalue weighted by Crippen LogP contribution is 2.28. The van der Waals surface area contributed by atoms with E-state index in [9.17, 15) is 4.79 Å². The number of amides is 1. The van der Waals surface area contributed by atoms with E-state index < -0.39 is 0 Å². The monoisotopic (exact) mass is 230 g/mol. The number of furan rings is 1. The van der Waals surface area contributed by atoms with Gasteiger partial charge >= 0.3 is 0 Å². The molecule has 4 nitrogen and oxygen atoms in total. The molecule has 1 aromatic heterocycles. The van der Waals surface area contributed by atoms with Gasteiger partial charge in [0, 0.05) is 5.57 Å². The van der Waals surface area contributed by atoms with E-state index in [1.54, 1.807) is 12.1 Å². The fourth-order valence-corrected chi connectivity index (χ4v) is 1.58. The number of carbonyl (C=O) groups excluding carboxylic acids is 1. The highest BCUT2D eigenvalue weighted by molar-refractivity contribution is 6.01. The van der Waals surface area contributed by atoms with E-state index in [2.05, 4.69) is 17.2 Å². The van der Waals surface area contributed by atoms with Gasteiger partial charge in [-0.15, -0.1) is 0 Å². The van der Waals surface area contributed by atoms with Crippen LogP contribution >= 0.6 is 0 Å². The van der Waals surface area contributed by atoms with E-state index >= 15 is 0 Å². The standard InChI is InChI=1S/C13H14N2O2/c1-3-5-6-9(4-2)11-7-10-12(16)14-8-15-13(10)17-11/h3-7,15H,2,8H2,1H3,(H,14,16)/b5-3-,9-6+. The SMILES string of the molecule is C=C/C(=C\C=C/C)c1cc2c(o1)NCNC2=O. The lowest BCUT2D eigenvalue weighted by molar-refractivity contribution is 0.0951. The molecular formula is C13H14N2O2. The molecule has 0 aromatic carbocycles. The molecule has 0 spiro atoms. The van der Waals surface area contributed by atoms with Crippen molar-refractivity contribution in [1.82, 2.24) is 5.32 Å². The molecule has 17 heavy (non-hydrogen) atoms. The van der Waals surface area contributed by atoms with Crippen molar-refractivity contribution in [1.29, 1.82) is 0 Å². The summed E-state index contributed by atoms with van der Waals surface area (Å²) in [7, 11) is 0. The maximum Gasteiger partial charge on any atom is 0.258 e. The molecule has 88 valence electrons. The lowest BCUT2D eigenvalue weighted by Gasteiger charge is -2.12. The number of hydrogen-bond donors (Lipinski definition) is 2. The van der Waals surface area contributed by atoms with Crippen LogP contribution in [0.15, 0.2) is 41.4 Å². The largest absolute Gasteiger partial charge is 0.440 e. The van der Waals surface area contributed by atoms with Gasteiger partial charge in [0.25, 0.3) is 5.91 Å². The summed E-state index contributed by atoms with van der Waals surface area (Å²) in [4.78, 5) is 11.6. The summed E-state index contributed by atoms with van der Waals surface area (Å²) in [6.07, 6.45) is 7.39. The first kappa shape index (κ1) is 11.3. The molecule has 0 aliphatic carbocycles. The highest BCUT2D eigenvalue weighted by atomic mass is 16.4. The Labute approximate surface area is 99.7 Å². The maximum absolute atomic E-state index is 11.6. The van der Waals surface area contributed by atoms with Gasteiger partial charge in [-0.3, -0.25) is 4.79 Å². The van der Waals surface area contributed by atoms with Crippen LogP contribution in [0.2, 0.25) is 0 Å². The van der Waals surface area contributed by atoms with Crippen LogP contribution in [-0.2, 0) is 0 Å². The second-order valence-corrected chi connectivity index (χ2v) is 3.56. The lowest BCUT2D eigenvalue weighted by atomic mass is 10.1. The van der Waals surface area contributed by atoms with Crippen molar-refractivity contribution in [3.05, 3.63) is 48.3 Å². The van der Waals surface area contributed by atoms with Crippen LogP contribution in [-0.4, -0.2) is 12.6 Å². The molecule has 1 amide bonds. The Bertz CT molecular complexity index is 509. The van der Waals surface area contributed by atoms with E-state index in [1.807, 2.05) is 25.2 Å². The summed E-state index contributed by atoms with van der Waals surface area (Å²) in [6.45, 7) is 6.05. The number of allylic oxidation sites excluding steroid dienone is 5. The molecule has 2 N–H and O–H groups in total. The summed E-state index contributed by atoms with van der Waals surface area (Å²) in [6, 6.07) is 1.72. The number of carbonyl (C=O) groups is 1. The third-order valence-electron chi connectivity index (χ3n) is 2.45. The van der Waals surface area contributed by atoms with Gasteiger partial charge in [-0.25, -0.2) is 0 Å². The normalized spacial score (nSPS) is 15.4. The highest BCUT2D eigenvalue weighted by Gasteiger charge is 2.21. The summed E-state index contributed by atoms with van der Waals surface area (Å²) >= 11 is 0. The maximum atomic E-state index is 11.6. The average Bonchev–Trinajstić information content (AvgIpc) is 2.75. The number of anilines is 1. The summed E-state index contributed by atoms with van der Waals surface area (Å²) in [5.41, 5.74) is 1.37. The Morgan fingerprint density at radius 1 is 1.53 bits per heavy atom. The quantitative estimate of drug-likeness (QED) is 0.784. The molecule has 0 fully saturated rings. The molecule has 0 bridgehead atoms. The molecule has 0 radical (unpaired) electrons. The van der Waals surface area contributed by atoms with Gasteiger partial charge in [0.15, 0.2) is 0 Å². The van der Waals surface area contributed by atoms with Crippen molar-refractivity contribution >= 4 is 17.4 Å². The summed E-state index contributed by atoms with van der Waals surface area (Å²) in [5.74, 6) is 1.02. The first-order chi connectivity index (χ1) is 8.26. The van der Waals surface area contributed by atoms with E-state index in [-0.39, 0.29) is 5.91 Å². The molecular weight excluding hydrogens is 216 g/mol. The predicted octanol–water partition coefficient (Wildman–Crippen LogP) is 2.54. The molecule has 0 saturated heterocycles. The second-order valence-electron chi connectivity index (χ2n) is 3.56. The van der Waals surface area contributed by atoms with Crippen molar-refractivity contribution < 1.29 is 9.21 Å². The van der Waals surface area contributed by atoms with Crippen molar-refractivity contribution in [2.75, 3.05) is 12.0 Å². The van der Waals surface area contributed by atoms with Crippen LogP contribution in [0.5, 0.6) is 0 Å². The molecule has 4 heteroatoms. The summed E-state index contributed by atoms with van der Waals surface area (Å²) < 4.78 is 5.58. The fourth-order valence-electron chi connectivity index (χ4n) is 1.58. The molecule has 2 rings (SSSR count). The number of nitrogens with one attached hydrogen (secondary N) is 2. The van der Waals surface area contributed by atoms with E-state index in [1.165, 1.54) is 0 Å². The van der Waals surface area contributed by atoms with Crippen molar-refractivity contribution in [2.45, 2.75) is 6.92 Å². The molecule has 1 aliphatic heterocycles. The van der Waals surface area contributed by atoms with Crippen molar-refractivity contribution in [3.63, 3.8) is 0 Å². The molecule has 0 unspecified atom stereocenters. The summed E-state index contributed by atoms with van der Waals surface area (Å²) in [5, 5.41) is 5.65. The van der Waals surface area contributed by atoms with Gasteiger partial charge in [-0.2, -0.15) is 0 Å².